The standard InChI is InChI=1S/C14H19Cl3N2O/c1-8(2)19-12(20)6-7-18-9(3)10-4-5-11(15)14(17)13(10)16/h4-5,8-9,18H,6-7H2,1-3H3,(H,19,20). The van der Waals surface area contributed by atoms with Gasteiger partial charge in [0.1, 0.15) is 0 Å². The molecule has 1 unspecified atom stereocenters. The molecule has 0 saturated carbocycles. The van der Waals surface area contributed by atoms with E-state index in [1.165, 1.54) is 0 Å². The van der Waals surface area contributed by atoms with Gasteiger partial charge in [-0.2, -0.15) is 0 Å². The van der Waals surface area contributed by atoms with E-state index in [9.17, 15) is 4.79 Å². The smallest absolute Gasteiger partial charge is 0.221 e. The monoisotopic (exact) mass is 336 g/mol. The lowest BCUT2D eigenvalue weighted by molar-refractivity contribution is -0.121. The van der Waals surface area contributed by atoms with Crippen LogP contribution in [0.2, 0.25) is 15.1 Å². The van der Waals surface area contributed by atoms with Crippen molar-refractivity contribution in [2.45, 2.75) is 39.3 Å². The Kier molecular flexibility index (Phi) is 7.10. The van der Waals surface area contributed by atoms with E-state index in [1.54, 1.807) is 6.07 Å². The lowest BCUT2D eigenvalue weighted by atomic mass is 10.1. The van der Waals surface area contributed by atoms with Gasteiger partial charge < -0.3 is 10.6 Å². The van der Waals surface area contributed by atoms with Crippen LogP contribution in [0.3, 0.4) is 0 Å². The summed E-state index contributed by atoms with van der Waals surface area (Å²) in [6.07, 6.45) is 0.418. The number of halogens is 3. The molecule has 0 aliphatic rings. The van der Waals surface area contributed by atoms with Gasteiger partial charge in [-0.1, -0.05) is 40.9 Å². The normalized spacial score (nSPS) is 12.6. The van der Waals surface area contributed by atoms with Gasteiger partial charge in [-0.15, -0.1) is 0 Å². The maximum atomic E-state index is 11.5. The first-order valence-electron chi connectivity index (χ1n) is 6.49. The number of carbonyl (C=O) groups excluding carboxylic acids is 1. The van der Waals surface area contributed by atoms with Crippen molar-refractivity contribution in [3.8, 4) is 0 Å². The highest BCUT2D eigenvalue weighted by molar-refractivity contribution is 6.48. The topological polar surface area (TPSA) is 41.1 Å². The zero-order valence-electron chi connectivity index (χ0n) is 11.8. The van der Waals surface area contributed by atoms with E-state index >= 15 is 0 Å². The molecular weight excluding hydrogens is 319 g/mol. The Morgan fingerprint density at radius 2 is 1.80 bits per heavy atom. The first-order valence-corrected chi connectivity index (χ1v) is 7.62. The number of carbonyl (C=O) groups is 1. The Labute approximate surface area is 135 Å². The summed E-state index contributed by atoms with van der Waals surface area (Å²) in [5.41, 5.74) is 0.866. The first kappa shape index (κ1) is 17.6. The number of benzene rings is 1. The van der Waals surface area contributed by atoms with Crippen LogP contribution in [0, 0.1) is 0 Å². The van der Waals surface area contributed by atoms with Crippen LogP contribution in [-0.2, 0) is 4.79 Å². The van der Waals surface area contributed by atoms with Crippen LogP contribution in [0.15, 0.2) is 12.1 Å². The van der Waals surface area contributed by atoms with E-state index in [2.05, 4.69) is 10.6 Å². The van der Waals surface area contributed by atoms with Gasteiger partial charge >= 0.3 is 0 Å². The second kappa shape index (κ2) is 8.08. The maximum absolute atomic E-state index is 11.5. The molecule has 0 aliphatic heterocycles. The van der Waals surface area contributed by atoms with Crippen molar-refractivity contribution in [3.63, 3.8) is 0 Å². The molecule has 0 spiro atoms. The second-order valence-electron chi connectivity index (χ2n) is 4.91. The Hall–Kier alpha value is -0.480. The van der Waals surface area contributed by atoms with Gasteiger partial charge in [0.25, 0.3) is 0 Å². The van der Waals surface area contributed by atoms with Crippen LogP contribution in [0.4, 0.5) is 0 Å². The third-order valence-corrected chi connectivity index (χ3v) is 4.09. The first-order chi connectivity index (χ1) is 9.32. The minimum atomic E-state index is -0.0101. The molecule has 0 saturated heterocycles. The summed E-state index contributed by atoms with van der Waals surface area (Å²) in [6.45, 7) is 6.40. The fourth-order valence-electron chi connectivity index (χ4n) is 1.78. The van der Waals surface area contributed by atoms with Gasteiger partial charge in [0.2, 0.25) is 5.91 Å². The fourth-order valence-corrected chi connectivity index (χ4v) is 2.49. The second-order valence-corrected chi connectivity index (χ2v) is 6.08. The molecule has 0 aliphatic carbocycles. The Balaban J connectivity index is 2.54. The zero-order chi connectivity index (χ0) is 15.3. The predicted octanol–water partition coefficient (Wildman–Crippen LogP) is 4.21. The van der Waals surface area contributed by atoms with Gasteiger partial charge in [0.05, 0.1) is 15.1 Å². The van der Waals surface area contributed by atoms with Crippen molar-refractivity contribution in [2.24, 2.45) is 0 Å². The van der Waals surface area contributed by atoms with Gasteiger partial charge in [0.15, 0.2) is 0 Å². The molecule has 1 aromatic rings. The molecule has 3 nitrogen and oxygen atoms in total. The molecule has 0 bridgehead atoms. The molecule has 0 fully saturated rings. The number of hydrogen-bond donors (Lipinski definition) is 2. The summed E-state index contributed by atoms with van der Waals surface area (Å²) < 4.78 is 0. The number of hydrogen-bond acceptors (Lipinski definition) is 2. The summed E-state index contributed by atoms with van der Waals surface area (Å²) in [6, 6.07) is 3.70. The summed E-state index contributed by atoms with van der Waals surface area (Å²) in [4.78, 5) is 11.5. The predicted molar refractivity (Wildman–Crippen MR) is 85.8 cm³/mol. The molecule has 0 aromatic heterocycles. The summed E-state index contributed by atoms with van der Waals surface area (Å²) in [5, 5.41) is 7.33. The van der Waals surface area contributed by atoms with E-state index in [4.69, 9.17) is 34.8 Å². The van der Waals surface area contributed by atoms with E-state index in [-0.39, 0.29) is 18.0 Å². The lowest BCUT2D eigenvalue weighted by Crippen LogP contribution is -2.33. The van der Waals surface area contributed by atoms with E-state index in [0.29, 0.717) is 28.0 Å². The third-order valence-electron chi connectivity index (χ3n) is 2.78. The van der Waals surface area contributed by atoms with E-state index in [1.807, 2.05) is 26.8 Å². The number of nitrogens with one attached hydrogen (secondary N) is 2. The summed E-state index contributed by atoms with van der Waals surface area (Å²) >= 11 is 18.1. The van der Waals surface area contributed by atoms with E-state index in [0.717, 1.165) is 5.56 Å². The highest BCUT2D eigenvalue weighted by Gasteiger charge is 2.14. The molecule has 6 heteroatoms. The van der Waals surface area contributed by atoms with Crippen molar-refractivity contribution in [3.05, 3.63) is 32.8 Å². The third kappa shape index (κ3) is 5.13. The van der Waals surface area contributed by atoms with Gasteiger partial charge in [-0.3, -0.25) is 4.79 Å². The minimum Gasteiger partial charge on any atom is -0.354 e. The largest absolute Gasteiger partial charge is 0.354 e. The van der Waals surface area contributed by atoms with Crippen LogP contribution >= 0.6 is 34.8 Å². The number of amides is 1. The molecule has 2 N–H and O–H groups in total. The fraction of sp³-hybridized carbons (Fsp3) is 0.500. The SMILES string of the molecule is CC(C)NC(=O)CCNC(C)c1ccc(Cl)c(Cl)c1Cl. The van der Waals surface area contributed by atoms with Crippen molar-refractivity contribution < 1.29 is 4.79 Å². The van der Waals surface area contributed by atoms with Crippen LogP contribution in [0.1, 0.15) is 38.8 Å². The molecule has 1 atom stereocenters. The van der Waals surface area contributed by atoms with Crippen LogP contribution in [0.25, 0.3) is 0 Å². The molecule has 1 amide bonds. The van der Waals surface area contributed by atoms with Crippen molar-refractivity contribution >= 4 is 40.7 Å². The van der Waals surface area contributed by atoms with Gasteiger partial charge in [-0.25, -0.2) is 0 Å². The number of rotatable bonds is 6. The zero-order valence-corrected chi connectivity index (χ0v) is 14.0. The van der Waals surface area contributed by atoms with Crippen LogP contribution in [-0.4, -0.2) is 18.5 Å². The van der Waals surface area contributed by atoms with Gasteiger partial charge in [-0.05, 0) is 32.4 Å². The average Bonchev–Trinajstić information content (AvgIpc) is 2.35. The van der Waals surface area contributed by atoms with Crippen molar-refractivity contribution in [2.75, 3.05) is 6.54 Å². The molecule has 1 aromatic carbocycles. The minimum absolute atomic E-state index is 0.0101. The Bertz CT molecular complexity index is 478. The van der Waals surface area contributed by atoms with Crippen LogP contribution < -0.4 is 10.6 Å². The van der Waals surface area contributed by atoms with Crippen molar-refractivity contribution in [1.29, 1.82) is 0 Å². The summed E-state index contributed by atoms with van der Waals surface area (Å²) in [5.74, 6) is 0.0277. The molecule has 112 valence electrons. The van der Waals surface area contributed by atoms with Gasteiger partial charge in [0, 0.05) is 25.0 Å². The summed E-state index contributed by atoms with van der Waals surface area (Å²) in [7, 11) is 0. The Morgan fingerprint density at radius 1 is 1.15 bits per heavy atom. The lowest BCUT2D eigenvalue weighted by Gasteiger charge is -2.17. The maximum Gasteiger partial charge on any atom is 0.221 e. The molecule has 0 heterocycles. The molecule has 1 rings (SSSR count). The average molecular weight is 338 g/mol. The highest BCUT2D eigenvalue weighted by Crippen LogP contribution is 2.35. The molecule has 20 heavy (non-hydrogen) atoms. The van der Waals surface area contributed by atoms with Crippen molar-refractivity contribution in [1.82, 2.24) is 10.6 Å². The quantitative estimate of drug-likeness (QED) is 0.763. The van der Waals surface area contributed by atoms with E-state index < -0.39 is 0 Å². The highest BCUT2D eigenvalue weighted by atomic mass is 35.5. The molecular formula is C14H19Cl3N2O. The van der Waals surface area contributed by atoms with Crippen LogP contribution in [0.5, 0.6) is 0 Å². The molecule has 0 radical (unpaired) electrons. The Morgan fingerprint density at radius 3 is 2.40 bits per heavy atom.